The third-order valence-electron chi connectivity index (χ3n) is 7.78. The normalized spacial score (nSPS) is 16.3. The Morgan fingerprint density at radius 2 is 1.61 bits per heavy atom. The van der Waals surface area contributed by atoms with Gasteiger partial charge in [0.2, 0.25) is 0 Å². The van der Waals surface area contributed by atoms with Crippen molar-refractivity contribution in [3.05, 3.63) is 59.7 Å². The van der Waals surface area contributed by atoms with E-state index < -0.39 is 16.0 Å². The van der Waals surface area contributed by atoms with Gasteiger partial charge in [0.25, 0.3) is 10.0 Å². The number of carbonyl (C=O) groups is 1. The van der Waals surface area contributed by atoms with Crippen LogP contribution in [0, 0.1) is 0 Å². The summed E-state index contributed by atoms with van der Waals surface area (Å²) in [4.78, 5) is 21.6. The number of rotatable bonds is 8. The minimum atomic E-state index is -3.83. The van der Waals surface area contributed by atoms with Gasteiger partial charge in [-0.25, -0.2) is 18.2 Å². The number of halogens is 3. The van der Waals surface area contributed by atoms with Gasteiger partial charge in [0, 0.05) is 37.3 Å². The molecule has 2 aromatic carbocycles. The molecule has 1 aliphatic carbocycles. The number of hydrogen-bond acceptors (Lipinski definition) is 6. The number of sulfonamides is 1. The zero-order valence-corrected chi connectivity index (χ0v) is 26.4. The molecular weight excluding hydrogens is 607 g/mol. The van der Waals surface area contributed by atoms with Gasteiger partial charge < -0.3 is 10.0 Å². The number of carboxylic acids is 1. The molecule has 3 aromatic rings. The van der Waals surface area contributed by atoms with Crippen LogP contribution in [0.2, 0.25) is 0 Å². The van der Waals surface area contributed by atoms with Gasteiger partial charge in [0.1, 0.15) is 5.82 Å². The summed E-state index contributed by atoms with van der Waals surface area (Å²) in [7, 11) is -3.83. The molecule has 226 valence electrons. The van der Waals surface area contributed by atoms with Crippen LogP contribution in [0.3, 0.4) is 0 Å². The number of carboxylic acid groups (broad SMARTS) is 1. The molecule has 1 saturated carbocycles. The standard InChI is InChI=1S/C29H36N4O4S.3ClH/c1-2-14-32-15-17-33(18-16-32)28-20-26(29(34)35)25-19-23(10-13-27(25)30-28)31-38(36,37)24-11-8-22(9-12-24)21-6-4-3-5-7-21;;;/h8-13,19-21,31H,2-7,14-18H2,1H3,(H,34,35);3*1H. The van der Waals surface area contributed by atoms with E-state index in [0.717, 1.165) is 52.0 Å². The highest BCUT2D eigenvalue weighted by atomic mass is 35.5. The van der Waals surface area contributed by atoms with E-state index in [0.29, 0.717) is 28.3 Å². The van der Waals surface area contributed by atoms with Gasteiger partial charge in [-0.05, 0) is 73.7 Å². The number of hydrogen-bond donors (Lipinski definition) is 2. The Hall–Kier alpha value is -2.30. The van der Waals surface area contributed by atoms with Crippen LogP contribution in [0.15, 0.2) is 53.4 Å². The SMILES string of the molecule is CCCN1CCN(c2cc(C(=O)O)c3cc(NS(=O)(=O)c4ccc(C5CCCCC5)cc4)ccc3n2)CC1.Cl.Cl.Cl. The fraction of sp³-hybridized carbons (Fsp3) is 0.448. The van der Waals surface area contributed by atoms with Crippen LogP contribution in [0.1, 0.15) is 67.3 Å². The number of piperazine rings is 1. The monoisotopic (exact) mass is 644 g/mol. The van der Waals surface area contributed by atoms with Crippen molar-refractivity contribution >= 4 is 75.6 Å². The lowest BCUT2D eigenvalue weighted by Gasteiger charge is -2.35. The third kappa shape index (κ3) is 8.17. The maximum Gasteiger partial charge on any atom is 0.336 e. The topological polar surface area (TPSA) is 103 Å². The number of fused-ring (bicyclic) bond motifs is 1. The molecular formula is C29H39Cl3N4O4S. The number of pyridine rings is 1. The molecule has 0 atom stereocenters. The molecule has 41 heavy (non-hydrogen) atoms. The molecule has 0 radical (unpaired) electrons. The van der Waals surface area contributed by atoms with Gasteiger partial charge in [-0.1, -0.05) is 38.3 Å². The van der Waals surface area contributed by atoms with E-state index in [1.165, 1.54) is 24.8 Å². The average molecular weight is 646 g/mol. The molecule has 2 heterocycles. The minimum absolute atomic E-state index is 0. The third-order valence-corrected chi connectivity index (χ3v) is 9.18. The molecule has 2 N–H and O–H groups in total. The predicted octanol–water partition coefficient (Wildman–Crippen LogP) is 6.58. The summed E-state index contributed by atoms with van der Waals surface area (Å²) in [5.74, 6) is 0.0695. The smallest absolute Gasteiger partial charge is 0.336 e. The maximum absolute atomic E-state index is 13.1. The molecule has 1 saturated heterocycles. The van der Waals surface area contributed by atoms with Crippen molar-refractivity contribution < 1.29 is 18.3 Å². The summed E-state index contributed by atoms with van der Waals surface area (Å²) in [6.07, 6.45) is 7.12. The van der Waals surface area contributed by atoms with Crippen LogP contribution in [0.5, 0.6) is 0 Å². The average Bonchev–Trinajstić information content (AvgIpc) is 2.93. The Bertz CT molecular complexity index is 1410. The lowest BCUT2D eigenvalue weighted by atomic mass is 9.84. The van der Waals surface area contributed by atoms with Crippen molar-refractivity contribution in [2.45, 2.75) is 56.3 Å². The van der Waals surface area contributed by atoms with E-state index in [-0.39, 0.29) is 47.7 Å². The minimum Gasteiger partial charge on any atom is -0.478 e. The summed E-state index contributed by atoms with van der Waals surface area (Å²) in [5.41, 5.74) is 2.13. The van der Waals surface area contributed by atoms with Gasteiger partial charge in [-0.2, -0.15) is 0 Å². The highest BCUT2D eigenvalue weighted by Crippen LogP contribution is 2.33. The van der Waals surface area contributed by atoms with Crippen LogP contribution in [0.4, 0.5) is 11.5 Å². The first-order valence-electron chi connectivity index (χ1n) is 13.6. The van der Waals surface area contributed by atoms with E-state index in [1.54, 1.807) is 36.4 Å². The number of aromatic carboxylic acids is 1. The number of nitrogens with one attached hydrogen (secondary N) is 1. The number of benzene rings is 2. The van der Waals surface area contributed by atoms with Gasteiger partial charge in [-0.15, -0.1) is 37.2 Å². The summed E-state index contributed by atoms with van der Waals surface area (Å²) < 4.78 is 28.9. The Kier molecular flexibility index (Phi) is 13.0. The Balaban J connectivity index is 0.00000196. The largest absolute Gasteiger partial charge is 0.478 e. The second-order valence-electron chi connectivity index (χ2n) is 10.4. The molecule has 0 spiro atoms. The van der Waals surface area contributed by atoms with Gasteiger partial charge in [-0.3, -0.25) is 9.62 Å². The number of aromatic nitrogens is 1. The molecule has 5 rings (SSSR count). The second-order valence-corrected chi connectivity index (χ2v) is 12.1. The van der Waals surface area contributed by atoms with Gasteiger partial charge in [0.05, 0.1) is 16.0 Å². The lowest BCUT2D eigenvalue weighted by Crippen LogP contribution is -2.46. The van der Waals surface area contributed by atoms with Crippen LogP contribution in [0.25, 0.3) is 10.9 Å². The fourth-order valence-corrected chi connectivity index (χ4v) is 6.75. The summed E-state index contributed by atoms with van der Waals surface area (Å²) in [6.45, 7) is 6.63. The van der Waals surface area contributed by atoms with Crippen molar-refractivity contribution in [2.75, 3.05) is 42.3 Å². The molecule has 2 fully saturated rings. The summed E-state index contributed by atoms with van der Waals surface area (Å²) in [6, 6.07) is 13.6. The van der Waals surface area contributed by atoms with Crippen molar-refractivity contribution in [1.29, 1.82) is 0 Å². The molecule has 12 heteroatoms. The van der Waals surface area contributed by atoms with Crippen LogP contribution >= 0.6 is 37.2 Å². The molecule has 1 aromatic heterocycles. The van der Waals surface area contributed by atoms with Crippen molar-refractivity contribution in [2.24, 2.45) is 0 Å². The van der Waals surface area contributed by atoms with Crippen molar-refractivity contribution in [1.82, 2.24) is 9.88 Å². The van der Waals surface area contributed by atoms with Crippen molar-refractivity contribution in [3.63, 3.8) is 0 Å². The molecule has 0 unspecified atom stereocenters. The first-order valence-corrected chi connectivity index (χ1v) is 15.1. The zero-order valence-electron chi connectivity index (χ0n) is 23.1. The van der Waals surface area contributed by atoms with Gasteiger partial charge in [0.15, 0.2) is 0 Å². The highest BCUT2D eigenvalue weighted by Gasteiger charge is 2.22. The van der Waals surface area contributed by atoms with Crippen LogP contribution in [-0.4, -0.2) is 62.1 Å². The molecule has 2 aliphatic rings. The van der Waals surface area contributed by atoms with Crippen LogP contribution in [-0.2, 0) is 10.0 Å². The van der Waals surface area contributed by atoms with Gasteiger partial charge >= 0.3 is 5.97 Å². The van der Waals surface area contributed by atoms with Crippen molar-refractivity contribution in [3.8, 4) is 0 Å². The first-order chi connectivity index (χ1) is 18.3. The molecule has 0 amide bonds. The number of anilines is 2. The molecule has 0 bridgehead atoms. The highest BCUT2D eigenvalue weighted by molar-refractivity contribution is 7.92. The Morgan fingerprint density at radius 1 is 0.951 bits per heavy atom. The maximum atomic E-state index is 13.1. The van der Waals surface area contributed by atoms with E-state index in [4.69, 9.17) is 4.98 Å². The van der Waals surface area contributed by atoms with E-state index >= 15 is 0 Å². The van der Waals surface area contributed by atoms with E-state index in [9.17, 15) is 18.3 Å². The van der Waals surface area contributed by atoms with Crippen LogP contribution < -0.4 is 9.62 Å². The van der Waals surface area contributed by atoms with E-state index in [2.05, 4.69) is 21.4 Å². The summed E-state index contributed by atoms with van der Waals surface area (Å²) >= 11 is 0. The van der Waals surface area contributed by atoms with E-state index in [1.807, 2.05) is 12.1 Å². The first kappa shape index (κ1) is 34.9. The molecule has 1 aliphatic heterocycles. The number of nitrogens with zero attached hydrogens (tertiary/aromatic N) is 3. The Morgan fingerprint density at radius 3 is 2.22 bits per heavy atom. The Labute approximate surface area is 261 Å². The zero-order chi connectivity index (χ0) is 26.7. The summed E-state index contributed by atoms with van der Waals surface area (Å²) in [5, 5.41) is 10.4. The second kappa shape index (κ2) is 15.3. The quantitative estimate of drug-likeness (QED) is 0.285. The fourth-order valence-electron chi connectivity index (χ4n) is 5.70. The lowest BCUT2D eigenvalue weighted by molar-refractivity contribution is 0.0699. The predicted molar refractivity (Wildman–Crippen MR) is 172 cm³/mol. The molecule has 8 nitrogen and oxygen atoms in total.